The van der Waals surface area contributed by atoms with E-state index in [9.17, 15) is 14.0 Å². The average molecular weight is 344 g/mol. The second kappa shape index (κ2) is 7.96. The van der Waals surface area contributed by atoms with Crippen LogP contribution in [-0.4, -0.2) is 36.3 Å². The molecule has 0 unspecified atom stereocenters. The normalized spacial score (nSPS) is 15.2. The van der Waals surface area contributed by atoms with Crippen molar-refractivity contribution >= 4 is 11.8 Å². The molecule has 0 saturated carbocycles. The summed E-state index contributed by atoms with van der Waals surface area (Å²) in [4.78, 5) is 26.2. The maximum Gasteiger partial charge on any atom is 0.257 e. The van der Waals surface area contributed by atoms with Gasteiger partial charge in [0, 0.05) is 25.6 Å². The van der Waals surface area contributed by atoms with Crippen LogP contribution in [0.25, 0.3) is 0 Å². The first-order chi connectivity index (χ1) is 12.1. The van der Waals surface area contributed by atoms with Gasteiger partial charge < -0.3 is 14.6 Å². The molecule has 1 fully saturated rings. The van der Waals surface area contributed by atoms with E-state index >= 15 is 0 Å². The van der Waals surface area contributed by atoms with Crippen molar-refractivity contribution in [1.82, 2.24) is 10.2 Å². The number of carbonyl (C=O) groups excluding carboxylic acids is 2. The van der Waals surface area contributed by atoms with Crippen molar-refractivity contribution in [2.24, 2.45) is 5.92 Å². The highest BCUT2D eigenvalue weighted by molar-refractivity contribution is 5.94. The smallest absolute Gasteiger partial charge is 0.257 e. The van der Waals surface area contributed by atoms with Crippen LogP contribution in [-0.2, 0) is 11.2 Å². The van der Waals surface area contributed by atoms with Crippen LogP contribution in [0.1, 0.15) is 28.8 Å². The number of likely N-dealkylation sites (tertiary alicyclic amines) is 1. The quantitative estimate of drug-likeness (QED) is 0.907. The van der Waals surface area contributed by atoms with Gasteiger partial charge in [-0.1, -0.05) is 12.1 Å². The third-order valence-electron chi connectivity index (χ3n) is 4.52. The van der Waals surface area contributed by atoms with E-state index in [1.54, 1.807) is 17.0 Å². The first kappa shape index (κ1) is 17.2. The Morgan fingerprint density at radius 1 is 1.24 bits per heavy atom. The van der Waals surface area contributed by atoms with Gasteiger partial charge in [-0.05, 0) is 43.0 Å². The Balaban J connectivity index is 1.41. The molecule has 0 radical (unpaired) electrons. The molecule has 1 aromatic carbocycles. The van der Waals surface area contributed by atoms with Gasteiger partial charge in [0.25, 0.3) is 5.91 Å². The van der Waals surface area contributed by atoms with Crippen LogP contribution >= 0.6 is 0 Å². The van der Waals surface area contributed by atoms with Gasteiger partial charge in [0.2, 0.25) is 5.91 Å². The summed E-state index contributed by atoms with van der Waals surface area (Å²) in [5.41, 5.74) is 1.40. The fourth-order valence-electron chi connectivity index (χ4n) is 3.08. The maximum absolute atomic E-state index is 13.1. The first-order valence-corrected chi connectivity index (χ1v) is 8.47. The van der Waals surface area contributed by atoms with Crippen molar-refractivity contribution in [3.63, 3.8) is 0 Å². The molecule has 2 aromatic rings. The van der Waals surface area contributed by atoms with Gasteiger partial charge in [0.05, 0.1) is 11.8 Å². The van der Waals surface area contributed by atoms with Crippen LogP contribution in [0.5, 0.6) is 0 Å². The van der Waals surface area contributed by atoms with Gasteiger partial charge >= 0.3 is 0 Å². The number of halogens is 1. The summed E-state index contributed by atoms with van der Waals surface area (Å²) in [5.74, 6) is -0.398. The van der Waals surface area contributed by atoms with Crippen molar-refractivity contribution < 1.29 is 18.4 Å². The molecule has 1 saturated heterocycles. The van der Waals surface area contributed by atoms with Gasteiger partial charge in [-0.2, -0.15) is 0 Å². The average Bonchev–Trinajstić information content (AvgIpc) is 3.16. The molecular formula is C19H21FN2O3. The van der Waals surface area contributed by atoms with Crippen LogP contribution in [0.2, 0.25) is 0 Å². The zero-order chi connectivity index (χ0) is 17.6. The molecule has 1 aromatic heterocycles. The lowest BCUT2D eigenvalue weighted by Gasteiger charge is -2.31. The molecule has 0 atom stereocenters. The summed E-state index contributed by atoms with van der Waals surface area (Å²) in [7, 11) is 0. The van der Waals surface area contributed by atoms with E-state index in [4.69, 9.17) is 4.42 Å². The van der Waals surface area contributed by atoms with Crippen LogP contribution in [0, 0.1) is 11.7 Å². The van der Waals surface area contributed by atoms with Gasteiger partial charge in [-0.3, -0.25) is 9.59 Å². The fourth-order valence-corrected chi connectivity index (χ4v) is 3.08. The molecule has 0 spiro atoms. The van der Waals surface area contributed by atoms with Crippen molar-refractivity contribution in [3.8, 4) is 0 Å². The Morgan fingerprint density at radius 2 is 2.04 bits per heavy atom. The molecule has 1 aliphatic rings. The van der Waals surface area contributed by atoms with E-state index < -0.39 is 0 Å². The molecule has 2 heterocycles. The van der Waals surface area contributed by atoms with Crippen LogP contribution < -0.4 is 5.32 Å². The Hall–Kier alpha value is -2.63. The van der Waals surface area contributed by atoms with Gasteiger partial charge in [-0.25, -0.2) is 4.39 Å². The fraction of sp³-hybridized carbons (Fsp3) is 0.368. The predicted molar refractivity (Wildman–Crippen MR) is 90.4 cm³/mol. The van der Waals surface area contributed by atoms with Gasteiger partial charge in [0.15, 0.2) is 0 Å². The number of nitrogens with one attached hydrogen (secondary N) is 1. The van der Waals surface area contributed by atoms with Crippen LogP contribution in [0.4, 0.5) is 4.39 Å². The van der Waals surface area contributed by atoms with Crippen molar-refractivity contribution in [2.45, 2.75) is 19.3 Å². The highest BCUT2D eigenvalue weighted by Crippen LogP contribution is 2.19. The van der Waals surface area contributed by atoms with E-state index in [-0.39, 0.29) is 23.5 Å². The summed E-state index contributed by atoms with van der Waals surface area (Å²) in [5, 5.41) is 2.91. The van der Waals surface area contributed by atoms with Crippen LogP contribution in [0.15, 0.2) is 47.3 Å². The minimum Gasteiger partial charge on any atom is -0.472 e. The first-order valence-electron chi connectivity index (χ1n) is 8.47. The largest absolute Gasteiger partial charge is 0.472 e. The molecule has 6 heteroatoms. The van der Waals surface area contributed by atoms with Crippen molar-refractivity contribution in [2.75, 3.05) is 19.6 Å². The number of furan rings is 1. The summed E-state index contributed by atoms with van der Waals surface area (Å²) < 4.78 is 18.1. The van der Waals surface area contributed by atoms with Gasteiger partial charge in [0.1, 0.15) is 12.1 Å². The number of amides is 2. The minimum absolute atomic E-state index is 0.00631. The lowest BCUT2D eigenvalue weighted by atomic mass is 9.95. The molecule has 132 valence electrons. The topological polar surface area (TPSA) is 62.6 Å². The Bertz CT molecular complexity index is 722. The Labute approximate surface area is 145 Å². The monoisotopic (exact) mass is 344 g/mol. The molecule has 3 rings (SSSR count). The molecule has 25 heavy (non-hydrogen) atoms. The number of hydrogen-bond donors (Lipinski definition) is 1. The standard InChI is InChI=1S/C19H21FN2O3/c20-17-3-1-2-14(12-17)4-8-21-18(23)15-5-9-22(10-6-15)19(24)16-7-11-25-13-16/h1-3,7,11-13,15H,4-6,8-10H2,(H,21,23). The molecule has 5 nitrogen and oxygen atoms in total. The van der Waals surface area contributed by atoms with E-state index in [2.05, 4.69) is 5.32 Å². The van der Waals surface area contributed by atoms with E-state index in [0.717, 1.165) is 5.56 Å². The van der Waals surface area contributed by atoms with E-state index in [0.29, 0.717) is 44.5 Å². The molecule has 2 amide bonds. The molecule has 1 N–H and O–H groups in total. The zero-order valence-electron chi connectivity index (χ0n) is 13.9. The highest BCUT2D eigenvalue weighted by Gasteiger charge is 2.27. The maximum atomic E-state index is 13.1. The van der Waals surface area contributed by atoms with E-state index in [1.165, 1.54) is 24.7 Å². The lowest BCUT2D eigenvalue weighted by molar-refractivity contribution is -0.126. The second-order valence-electron chi connectivity index (χ2n) is 6.25. The third-order valence-corrected chi connectivity index (χ3v) is 4.52. The molecular weight excluding hydrogens is 323 g/mol. The summed E-state index contributed by atoms with van der Waals surface area (Å²) >= 11 is 0. The lowest BCUT2D eigenvalue weighted by Crippen LogP contribution is -2.43. The van der Waals surface area contributed by atoms with Crippen molar-refractivity contribution in [1.29, 1.82) is 0 Å². The molecule has 1 aliphatic heterocycles. The Morgan fingerprint density at radius 3 is 2.72 bits per heavy atom. The van der Waals surface area contributed by atoms with E-state index in [1.807, 2.05) is 6.07 Å². The minimum atomic E-state index is -0.265. The molecule has 0 aliphatic carbocycles. The number of carbonyl (C=O) groups is 2. The molecule has 0 bridgehead atoms. The second-order valence-corrected chi connectivity index (χ2v) is 6.25. The summed E-state index contributed by atoms with van der Waals surface area (Å²) in [6, 6.07) is 8.04. The number of benzene rings is 1. The number of nitrogens with zero attached hydrogens (tertiary/aromatic N) is 1. The van der Waals surface area contributed by atoms with Gasteiger partial charge in [-0.15, -0.1) is 0 Å². The number of rotatable bonds is 5. The van der Waals surface area contributed by atoms with Crippen molar-refractivity contribution in [3.05, 3.63) is 59.8 Å². The zero-order valence-corrected chi connectivity index (χ0v) is 13.9. The Kier molecular flexibility index (Phi) is 5.48. The SMILES string of the molecule is O=C(NCCc1cccc(F)c1)C1CCN(C(=O)c2ccoc2)CC1. The number of hydrogen-bond acceptors (Lipinski definition) is 3. The third kappa shape index (κ3) is 4.47. The summed E-state index contributed by atoms with van der Waals surface area (Å²) in [6.45, 7) is 1.61. The van der Waals surface area contributed by atoms with Crippen LogP contribution in [0.3, 0.4) is 0 Å². The highest BCUT2D eigenvalue weighted by atomic mass is 19.1. The summed E-state index contributed by atoms with van der Waals surface area (Å²) in [6.07, 6.45) is 4.81. The number of piperidine rings is 1. The predicted octanol–water partition coefficient (Wildman–Crippen LogP) is 2.63.